The van der Waals surface area contributed by atoms with Crippen molar-refractivity contribution in [3.8, 4) is 0 Å². The van der Waals surface area contributed by atoms with Gasteiger partial charge in [0.05, 0.1) is 11.3 Å². The molecule has 0 saturated carbocycles. The van der Waals surface area contributed by atoms with Crippen LogP contribution in [-0.4, -0.2) is 47.5 Å². The van der Waals surface area contributed by atoms with Crippen LogP contribution in [0.2, 0.25) is 5.02 Å². The van der Waals surface area contributed by atoms with Crippen LogP contribution in [0.5, 0.6) is 0 Å². The minimum atomic E-state index is -1.18. The summed E-state index contributed by atoms with van der Waals surface area (Å²) in [6, 6.07) is 3.76. The van der Waals surface area contributed by atoms with Crippen LogP contribution in [0.15, 0.2) is 18.2 Å². The Morgan fingerprint density at radius 1 is 1.33 bits per heavy atom. The second kappa shape index (κ2) is 6.45. The monoisotopic (exact) mass is 311 g/mol. The van der Waals surface area contributed by atoms with Gasteiger partial charge in [-0.2, -0.15) is 0 Å². The smallest absolute Gasteiger partial charge is 0.337 e. The average Bonchev–Trinajstić information content (AvgIpc) is 2.65. The van der Waals surface area contributed by atoms with Gasteiger partial charge in [-0.1, -0.05) is 11.6 Å². The molecule has 8 heteroatoms. The molecule has 0 atom stereocenters. The number of benzene rings is 1. The summed E-state index contributed by atoms with van der Waals surface area (Å²) in [7, 11) is 0. The maximum absolute atomic E-state index is 12.1. The van der Waals surface area contributed by atoms with Crippen LogP contribution in [0.3, 0.4) is 0 Å². The first-order chi connectivity index (χ1) is 9.97. The van der Waals surface area contributed by atoms with Crippen molar-refractivity contribution < 1.29 is 19.5 Å². The summed E-state index contributed by atoms with van der Waals surface area (Å²) in [6.07, 6.45) is 0.222. The molecule has 1 fully saturated rings. The molecule has 1 heterocycles. The van der Waals surface area contributed by atoms with Gasteiger partial charge in [-0.25, -0.2) is 9.59 Å². The maximum Gasteiger partial charge on any atom is 0.337 e. The number of rotatable bonds is 2. The minimum absolute atomic E-state index is 0.0835. The lowest BCUT2D eigenvalue weighted by Crippen LogP contribution is -2.37. The number of anilines is 1. The first-order valence-electron chi connectivity index (χ1n) is 6.33. The highest BCUT2D eigenvalue weighted by Gasteiger charge is 2.20. The van der Waals surface area contributed by atoms with Crippen LogP contribution in [0, 0.1) is 0 Å². The van der Waals surface area contributed by atoms with E-state index in [2.05, 4.69) is 10.6 Å². The molecule has 3 amide bonds. The van der Waals surface area contributed by atoms with Crippen molar-refractivity contribution in [3.63, 3.8) is 0 Å². The molecule has 7 nitrogen and oxygen atoms in total. The predicted octanol–water partition coefficient (Wildman–Crippen LogP) is 1.39. The van der Waals surface area contributed by atoms with Gasteiger partial charge in [0.1, 0.15) is 0 Å². The third-order valence-corrected chi connectivity index (χ3v) is 3.29. The predicted molar refractivity (Wildman–Crippen MR) is 76.6 cm³/mol. The molecule has 3 N–H and O–H groups in total. The molecule has 0 spiro atoms. The fourth-order valence-electron chi connectivity index (χ4n) is 1.97. The van der Waals surface area contributed by atoms with Gasteiger partial charge in [-0.05, 0) is 18.2 Å². The molecule has 1 saturated heterocycles. The number of carboxylic acids is 1. The third kappa shape index (κ3) is 3.85. The van der Waals surface area contributed by atoms with Gasteiger partial charge in [0.25, 0.3) is 0 Å². The molecular weight excluding hydrogens is 298 g/mol. The number of carbonyl (C=O) groups excluding carboxylic acids is 2. The normalized spacial score (nSPS) is 15.1. The lowest BCUT2D eigenvalue weighted by molar-refractivity contribution is -0.120. The van der Waals surface area contributed by atoms with Crippen LogP contribution in [-0.2, 0) is 4.79 Å². The van der Waals surface area contributed by atoms with E-state index in [1.807, 2.05) is 0 Å². The molecule has 112 valence electrons. The van der Waals surface area contributed by atoms with Gasteiger partial charge < -0.3 is 20.6 Å². The fourth-order valence-corrected chi connectivity index (χ4v) is 2.14. The highest BCUT2D eigenvalue weighted by atomic mass is 35.5. The Morgan fingerprint density at radius 2 is 2.10 bits per heavy atom. The van der Waals surface area contributed by atoms with Gasteiger partial charge >= 0.3 is 12.0 Å². The lowest BCUT2D eigenvalue weighted by atomic mass is 10.2. The Hall–Kier alpha value is -2.28. The number of hydrogen-bond acceptors (Lipinski definition) is 3. The average molecular weight is 312 g/mol. The van der Waals surface area contributed by atoms with Gasteiger partial charge in [0.15, 0.2) is 0 Å². The highest BCUT2D eigenvalue weighted by Crippen LogP contribution is 2.21. The Kier molecular flexibility index (Phi) is 4.64. The van der Waals surface area contributed by atoms with Crippen LogP contribution >= 0.6 is 11.6 Å². The molecule has 0 aromatic heterocycles. The van der Waals surface area contributed by atoms with Crippen molar-refractivity contribution in [1.29, 1.82) is 0 Å². The summed E-state index contributed by atoms with van der Waals surface area (Å²) in [5, 5.41) is 14.6. The summed E-state index contributed by atoms with van der Waals surface area (Å²) < 4.78 is 0. The number of halogens is 1. The molecule has 2 rings (SSSR count). The van der Waals surface area contributed by atoms with E-state index in [9.17, 15) is 14.4 Å². The Labute approximate surface area is 125 Å². The van der Waals surface area contributed by atoms with E-state index < -0.39 is 12.0 Å². The summed E-state index contributed by atoms with van der Waals surface area (Å²) >= 11 is 5.75. The second-order valence-electron chi connectivity index (χ2n) is 4.51. The van der Waals surface area contributed by atoms with Gasteiger partial charge in [0, 0.05) is 31.1 Å². The number of carbonyl (C=O) groups is 3. The summed E-state index contributed by atoms with van der Waals surface area (Å²) in [6.45, 7) is 1.03. The SMILES string of the molecule is O=C1CCN(C(=O)Nc2ccc(Cl)cc2C(=O)O)CCN1. The van der Waals surface area contributed by atoms with Gasteiger partial charge in [-0.15, -0.1) is 0 Å². The number of carboxylic acid groups (broad SMARTS) is 1. The Morgan fingerprint density at radius 3 is 2.81 bits per heavy atom. The lowest BCUT2D eigenvalue weighted by Gasteiger charge is -2.20. The molecule has 0 bridgehead atoms. The standard InChI is InChI=1S/C13H14ClN3O4/c14-8-1-2-10(9(7-8)12(19)20)16-13(21)17-5-3-11(18)15-4-6-17/h1-2,7H,3-6H2,(H,15,18)(H,16,21)(H,19,20). The number of amides is 3. The van der Waals surface area contributed by atoms with Crippen LogP contribution in [0.25, 0.3) is 0 Å². The molecule has 1 aromatic rings. The Bertz CT molecular complexity index is 591. The van der Waals surface area contributed by atoms with Gasteiger partial charge in [0.2, 0.25) is 5.91 Å². The number of nitrogens with one attached hydrogen (secondary N) is 2. The largest absolute Gasteiger partial charge is 0.478 e. The minimum Gasteiger partial charge on any atom is -0.478 e. The van der Waals surface area contributed by atoms with Crippen molar-refractivity contribution in [1.82, 2.24) is 10.2 Å². The number of nitrogens with zero attached hydrogens (tertiary/aromatic N) is 1. The van der Waals surface area contributed by atoms with E-state index in [-0.39, 0.29) is 35.1 Å². The summed E-state index contributed by atoms with van der Waals surface area (Å²) in [4.78, 5) is 36.0. The molecule has 0 aliphatic carbocycles. The summed E-state index contributed by atoms with van der Waals surface area (Å²) in [5.74, 6) is -1.29. The van der Waals surface area contributed by atoms with Crippen molar-refractivity contribution in [3.05, 3.63) is 28.8 Å². The second-order valence-corrected chi connectivity index (χ2v) is 4.95. The van der Waals surface area contributed by atoms with E-state index in [0.717, 1.165) is 0 Å². The molecule has 1 aliphatic rings. The highest BCUT2D eigenvalue weighted by molar-refractivity contribution is 6.31. The van der Waals surface area contributed by atoms with Crippen molar-refractivity contribution in [2.75, 3.05) is 25.0 Å². The van der Waals surface area contributed by atoms with E-state index in [0.29, 0.717) is 13.1 Å². The summed E-state index contributed by atoms with van der Waals surface area (Å²) in [5.41, 5.74) is 0.0836. The molecule has 0 unspecified atom stereocenters. The van der Waals surface area contributed by atoms with Crippen LogP contribution < -0.4 is 10.6 Å². The zero-order valence-electron chi connectivity index (χ0n) is 11.1. The molecule has 1 aliphatic heterocycles. The number of aromatic carboxylic acids is 1. The van der Waals surface area contributed by atoms with Crippen LogP contribution in [0.4, 0.5) is 10.5 Å². The fraction of sp³-hybridized carbons (Fsp3) is 0.308. The van der Waals surface area contributed by atoms with Gasteiger partial charge in [-0.3, -0.25) is 4.79 Å². The maximum atomic E-state index is 12.1. The Balaban J connectivity index is 2.12. The van der Waals surface area contributed by atoms with Crippen LogP contribution in [0.1, 0.15) is 16.8 Å². The quantitative estimate of drug-likeness (QED) is 0.768. The third-order valence-electron chi connectivity index (χ3n) is 3.05. The number of hydrogen-bond donors (Lipinski definition) is 3. The van der Waals surface area contributed by atoms with E-state index in [4.69, 9.17) is 16.7 Å². The topological polar surface area (TPSA) is 98.7 Å². The molecule has 21 heavy (non-hydrogen) atoms. The zero-order chi connectivity index (χ0) is 15.4. The van der Waals surface area contributed by atoms with E-state index >= 15 is 0 Å². The molecule has 1 aromatic carbocycles. The van der Waals surface area contributed by atoms with Crippen molar-refractivity contribution >= 4 is 35.2 Å². The molecule has 0 radical (unpaired) electrons. The van der Waals surface area contributed by atoms with E-state index in [1.165, 1.54) is 23.1 Å². The zero-order valence-corrected chi connectivity index (χ0v) is 11.8. The first kappa shape index (κ1) is 15.1. The van der Waals surface area contributed by atoms with Crippen molar-refractivity contribution in [2.24, 2.45) is 0 Å². The van der Waals surface area contributed by atoms with E-state index in [1.54, 1.807) is 0 Å². The first-order valence-corrected chi connectivity index (χ1v) is 6.70. The van der Waals surface area contributed by atoms with Crippen molar-refractivity contribution in [2.45, 2.75) is 6.42 Å². The number of urea groups is 1. The molecular formula is C13H14ClN3O4.